The minimum Gasteiger partial charge on any atom is -0.489 e. The van der Waals surface area contributed by atoms with Gasteiger partial charge in [0.2, 0.25) is 5.76 Å². The van der Waals surface area contributed by atoms with Gasteiger partial charge < -0.3 is 19.2 Å². The van der Waals surface area contributed by atoms with E-state index in [1.807, 2.05) is 42.5 Å². The van der Waals surface area contributed by atoms with Gasteiger partial charge in [-0.3, -0.25) is 9.78 Å². The smallest absolute Gasteiger partial charge is 0.375 e. The fourth-order valence-corrected chi connectivity index (χ4v) is 2.90. The number of benzene rings is 2. The molecule has 30 heavy (non-hydrogen) atoms. The summed E-state index contributed by atoms with van der Waals surface area (Å²) in [6.07, 6.45) is 3.06. The van der Waals surface area contributed by atoms with Crippen LogP contribution in [-0.2, 0) is 16.1 Å². The topological polar surface area (TPSA) is 90.7 Å². The summed E-state index contributed by atoms with van der Waals surface area (Å²) in [7, 11) is 0. The third-order valence-corrected chi connectivity index (χ3v) is 4.32. The average molecular weight is 402 g/mol. The Bertz CT molecular complexity index is 1170. The van der Waals surface area contributed by atoms with E-state index in [1.54, 1.807) is 30.5 Å². The molecule has 0 bridgehead atoms. The highest BCUT2D eigenvalue weighted by Gasteiger charge is 2.19. The molecule has 0 saturated carbocycles. The Morgan fingerprint density at radius 2 is 1.83 bits per heavy atom. The molecule has 2 aromatic heterocycles. The number of fused-ring (bicyclic) bond motifs is 1. The summed E-state index contributed by atoms with van der Waals surface area (Å²) >= 11 is 0. The first-order valence-corrected chi connectivity index (χ1v) is 9.25. The van der Waals surface area contributed by atoms with Crippen molar-refractivity contribution in [2.45, 2.75) is 6.61 Å². The van der Waals surface area contributed by atoms with Crippen molar-refractivity contribution in [3.8, 4) is 5.75 Å². The van der Waals surface area contributed by atoms with Gasteiger partial charge >= 0.3 is 5.97 Å². The molecular formula is C23H18N2O5. The van der Waals surface area contributed by atoms with Crippen LogP contribution in [0.3, 0.4) is 0 Å². The number of hydrogen-bond acceptors (Lipinski definition) is 6. The molecule has 150 valence electrons. The Hall–Kier alpha value is -4.13. The van der Waals surface area contributed by atoms with Crippen molar-refractivity contribution in [3.63, 3.8) is 0 Å². The van der Waals surface area contributed by atoms with Gasteiger partial charge in [-0.05, 0) is 42.5 Å². The first kappa shape index (κ1) is 19.2. The number of rotatable bonds is 7. The van der Waals surface area contributed by atoms with Crippen molar-refractivity contribution in [1.29, 1.82) is 0 Å². The van der Waals surface area contributed by atoms with Gasteiger partial charge in [-0.1, -0.05) is 24.3 Å². The molecule has 2 aromatic carbocycles. The maximum absolute atomic E-state index is 12.3. The van der Waals surface area contributed by atoms with Gasteiger partial charge in [0.1, 0.15) is 12.4 Å². The maximum atomic E-state index is 12.3. The standard InChI is InChI=1S/C23H18N2O5/c26-21(25-20-10-4-9-19-18(20)8-5-12-24-19)15-30-23(27)22-16(11-13-28-22)14-29-17-6-2-1-3-7-17/h1-13H,14-15H2,(H,25,26). The molecule has 7 heteroatoms. The molecule has 0 aliphatic rings. The molecule has 4 aromatic rings. The van der Waals surface area contributed by atoms with Gasteiger partial charge in [0.05, 0.1) is 17.5 Å². The fourth-order valence-electron chi connectivity index (χ4n) is 2.90. The third-order valence-electron chi connectivity index (χ3n) is 4.32. The zero-order chi connectivity index (χ0) is 20.8. The van der Waals surface area contributed by atoms with Gasteiger partial charge in [0.25, 0.3) is 5.91 Å². The Morgan fingerprint density at radius 1 is 0.967 bits per heavy atom. The van der Waals surface area contributed by atoms with E-state index in [0.717, 1.165) is 10.9 Å². The van der Waals surface area contributed by atoms with Gasteiger partial charge in [-0.2, -0.15) is 0 Å². The summed E-state index contributed by atoms with van der Waals surface area (Å²) in [6.45, 7) is -0.310. The van der Waals surface area contributed by atoms with Crippen LogP contribution in [0.5, 0.6) is 5.75 Å². The lowest BCUT2D eigenvalue weighted by molar-refractivity contribution is -0.119. The van der Waals surface area contributed by atoms with Crippen LogP contribution in [0.25, 0.3) is 10.9 Å². The number of pyridine rings is 1. The van der Waals surface area contributed by atoms with Gasteiger partial charge in [-0.25, -0.2) is 4.79 Å². The number of carbonyl (C=O) groups is 2. The van der Waals surface area contributed by atoms with E-state index in [4.69, 9.17) is 13.9 Å². The van der Waals surface area contributed by atoms with Gasteiger partial charge in [-0.15, -0.1) is 0 Å². The Labute approximate surface area is 172 Å². The second-order valence-electron chi connectivity index (χ2n) is 6.38. The number of furan rings is 1. The van der Waals surface area contributed by atoms with Crippen LogP contribution in [0.4, 0.5) is 5.69 Å². The molecule has 7 nitrogen and oxygen atoms in total. The molecule has 0 fully saturated rings. The largest absolute Gasteiger partial charge is 0.489 e. The highest BCUT2D eigenvalue weighted by molar-refractivity contribution is 6.02. The maximum Gasteiger partial charge on any atom is 0.375 e. The van der Waals surface area contributed by atoms with Crippen LogP contribution in [0.1, 0.15) is 16.1 Å². The Balaban J connectivity index is 1.34. The van der Waals surface area contributed by atoms with Crippen LogP contribution >= 0.6 is 0 Å². The molecule has 0 radical (unpaired) electrons. The average Bonchev–Trinajstić information content (AvgIpc) is 3.26. The number of nitrogens with zero attached hydrogens (tertiary/aromatic N) is 1. The normalized spacial score (nSPS) is 10.5. The number of carbonyl (C=O) groups excluding carboxylic acids is 2. The molecule has 0 saturated heterocycles. The van der Waals surface area contributed by atoms with Crippen molar-refractivity contribution in [2.75, 3.05) is 11.9 Å². The molecular weight excluding hydrogens is 384 g/mol. The molecule has 2 heterocycles. The van der Waals surface area contributed by atoms with Crippen molar-refractivity contribution in [2.24, 2.45) is 0 Å². The number of anilines is 1. The highest BCUT2D eigenvalue weighted by atomic mass is 16.5. The number of esters is 1. The van der Waals surface area contributed by atoms with Crippen LogP contribution in [0, 0.1) is 0 Å². The number of hydrogen-bond donors (Lipinski definition) is 1. The molecule has 1 N–H and O–H groups in total. The van der Waals surface area contributed by atoms with E-state index in [-0.39, 0.29) is 12.4 Å². The Kier molecular flexibility index (Phi) is 5.70. The SMILES string of the molecule is O=C(COC(=O)c1occc1COc1ccccc1)Nc1cccc2ncccc12. The van der Waals surface area contributed by atoms with Crippen molar-refractivity contribution in [3.05, 3.63) is 90.5 Å². The minimum atomic E-state index is -0.735. The van der Waals surface area contributed by atoms with Crippen LogP contribution in [0.2, 0.25) is 0 Å². The van der Waals surface area contributed by atoms with E-state index in [0.29, 0.717) is 17.0 Å². The second-order valence-corrected chi connectivity index (χ2v) is 6.38. The van der Waals surface area contributed by atoms with Gasteiger partial charge in [0, 0.05) is 17.1 Å². The minimum absolute atomic E-state index is 0.00749. The van der Waals surface area contributed by atoms with Gasteiger partial charge in [0.15, 0.2) is 6.61 Å². The van der Waals surface area contributed by atoms with Crippen LogP contribution in [-0.4, -0.2) is 23.5 Å². The van der Waals surface area contributed by atoms with E-state index >= 15 is 0 Å². The van der Waals surface area contributed by atoms with Crippen molar-refractivity contribution in [1.82, 2.24) is 4.98 Å². The van der Waals surface area contributed by atoms with Crippen molar-refractivity contribution >= 4 is 28.5 Å². The zero-order valence-electron chi connectivity index (χ0n) is 15.9. The zero-order valence-corrected chi connectivity index (χ0v) is 15.9. The summed E-state index contributed by atoms with van der Waals surface area (Å²) in [6, 6.07) is 19.9. The highest BCUT2D eigenvalue weighted by Crippen LogP contribution is 2.21. The fraction of sp³-hybridized carbons (Fsp3) is 0.0870. The van der Waals surface area contributed by atoms with Crippen LogP contribution in [0.15, 0.2) is 83.6 Å². The first-order valence-electron chi connectivity index (χ1n) is 9.25. The lowest BCUT2D eigenvalue weighted by Gasteiger charge is -2.09. The number of ether oxygens (including phenoxy) is 2. The summed E-state index contributed by atoms with van der Waals surface area (Å²) in [5, 5.41) is 3.53. The molecule has 0 spiro atoms. The number of amides is 1. The predicted octanol–water partition coefficient (Wildman–Crippen LogP) is 4.20. The van der Waals surface area contributed by atoms with Crippen LogP contribution < -0.4 is 10.1 Å². The molecule has 1 amide bonds. The van der Waals surface area contributed by atoms with E-state index < -0.39 is 18.5 Å². The Morgan fingerprint density at radius 3 is 2.70 bits per heavy atom. The summed E-state index contributed by atoms with van der Waals surface area (Å²) in [5.41, 5.74) is 1.88. The predicted molar refractivity (Wildman–Crippen MR) is 110 cm³/mol. The summed E-state index contributed by atoms with van der Waals surface area (Å²) in [5.74, 6) is -0.523. The summed E-state index contributed by atoms with van der Waals surface area (Å²) in [4.78, 5) is 28.9. The number of aromatic nitrogens is 1. The first-order chi connectivity index (χ1) is 14.7. The summed E-state index contributed by atoms with van der Waals surface area (Å²) < 4.78 is 16.0. The van der Waals surface area contributed by atoms with E-state index in [9.17, 15) is 9.59 Å². The molecule has 4 rings (SSSR count). The lowest BCUT2D eigenvalue weighted by atomic mass is 10.2. The molecule has 0 atom stereocenters. The lowest BCUT2D eigenvalue weighted by Crippen LogP contribution is -2.21. The molecule has 0 aliphatic carbocycles. The molecule has 0 unspecified atom stereocenters. The quantitative estimate of drug-likeness (QED) is 0.466. The molecule has 0 aliphatic heterocycles. The van der Waals surface area contributed by atoms with E-state index in [1.165, 1.54) is 6.26 Å². The number of nitrogens with one attached hydrogen (secondary N) is 1. The van der Waals surface area contributed by atoms with E-state index in [2.05, 4.69) is 10.3 Å². The van der Waals surface area contributed by atoms with Crippen molar-refractivity contribution < 1.29 is 23.5 Å². The second kappa shape index (κ2) is 8.91. The third kappa shape index (κ3) is 4.47. The monoisotopic (exact) mass is 402 g/mol. The number of para-hydroxylation sites is 1.